The average Bonchev–Trinajstić information content (AvgIpc) is 2.09. The van der Waals surface area contributed by atoms with Gasteiger partial charge in [0, 0.05) is 19.6 Å². The standard InChI is InChI=1S/C8H17F3O3Si/c1-14-15(12,13)7-5-3-2-4-6-8(9,10)11/h12-13H,2-7H2,1H3. The monoisotopic (exact) mass is 246 g/mol. The van der Waals surface area contributed by atoms with E-state index in [-0.39, 0.29) is 12.5 Å². The van der Waals surface area contributed by atoms with Gasteiger partial charge in [-0.15, -0.1) is 0 Å². The Morgan fingerprint density at radius 3 is 2.07 bits per heavy atom. The van der Waals surface area contributed by atoms with Crippen LogP contribution in [0.3, 0.4) is 0 Å². The highest BCUT2D eigenvalue weighted by Crippen LogP contribution is 2.23. The summed E-state index contributed by atoms with van der Waals surface area (Å²) in [6, 6.07) is 0.148. The van der Waals surface area contributed by atoms with E-state index in [1.165, 1.54) is 7.11 Å². The third-order valence-corrected chi connectivity index (χ3v) is 3.70. The van der Waals surface area contributed by atoms with Crippen molar-refractivity contribution in [3.63, 3.8) is 0 Å². The molecule has 0 rings (SSSR count). The molecule has 0 aromatic carbocycles. The van der Waals surface area contributed by atoms with Crippen LogP contribution in [-0.2, 0) is 4.43 Å². The van der Waals surface area contributed by atoms with Gasteiger partial charge in [0.25, 0.3) is 0 Å². The minimum Gasteiger partial charge on any atom is -0.390 e. The lowest BCUT2D eigenvalue weighted by atomic mass is 10.1. The zero-order valence-electron chi connectivity index (χ0n) is 8.68. The summed E-state index contributed by atoms with van der Waals surface area (Å²) in [6.45, 7) is 0. The first kappa shape index (κ1) is 14.9. The van der Waals surface area contributed by atoms with Crippen molar-refractivity contribution in [2.75, 3.05) is 7.11 Å². The second kappa shape index (κ2) is 6.47. The molecule has 0 spiro atoms. The van der Waals surface area contributed by atoms with Crippen LogP contribution in [0, 0.1) is 0 Å². The highest BCUT2D eigenvalue weighted by molar-refractivity contribution is 6.57. The van der Waals surface area contributed by atoms with Crippen LogP contribution in [-0.4, -0.2) is 31.7 Å². The molecule has 7 heteroatoms. The second-order valence-corrected chi connectivity index (χ2v) is 5.87. The maximum Gasteiger partial charge on any atom is 0.495 e. The molecule has 0 fully saturated rings. The van der Waals surface area contributed by atoms with Gasteiger partial charge < -0.3 is 14.0 Å². The molecule has 15 heavy (non-hydrogen) atoms. The largest absolute Gasteiger partial charge is 0.495 e. The molecule has 0 unspecified atom stereocenters. The average molecular weight is 246 g/mol. The minimum atomic E-state index is -4.08. The van der Waals surface area contributed by atoms with E-state index in [4.69, 9.17) is 9.59 Å². The van der Waals surface area contributed by atoms with Gasteiger partial charge in [-0.05, 0) is 12.8 Å². The number of rotatable bonds is 7. The fraction of sp³-hybridized carbons (Fsp3) is 1.00. The van der Waals surface area contributed by atoms with Crippen molar-refractivity contribution in [1.82, 2.24) is 0 Å². The Labute approximate surface area is 88.2 Å². The van der Waals surface area contributed by atoms with Crippen LogP contribution >= 0.6 is 0 Å². The van der Waals surface area contributed by atoms with E-state index in [0.717, 1.165) is 0 Å². The van der Waals surface area contributed by atoms with Crippen molar-refractivity contribution in [1.29, 1.82) is 0 Å². The maximum atomic E-state index is 11.7. The Hall–Kier alpha value is -0.113. The topological polar surface area (TPSA) is 49.7 Å². The Morgan fingerprint density at radius 1 is 1.07 bits per heavy atom. The van der Waals surface area contributed by atoms with Gasteiger partial charge in [0.15, 0.2) is 0 Å². The molecular formula is C8H17F3O3Si. The summed E-state index contributed by atoms with van der Waals surface area (Å²) in [4.78, 5) is 18.2. The van der Waals surface area contributed by atoms with E-state index in [1.807, 2.05) is 0 Å². The molecule has 0 aliphatic heterocycles. The van der Waals surface area contributed by atoms with Gasteiger partial charge in [0.05, 0.1) is 0 Å². The fourth-order valence-electron chi connectivity index (χ4n) is 1.14. The van der Waals surface area contributed by atoms with E-state index in [9.17, 15) is 13.2 Å². The molecule has 0 aliphatic rings. The lowest BCUT2D eigenvalue weighted by molar-refractivity contribution is -0.135. The van der Waals surface area contributed by atoms with Gasteiger partial charge >= 0.3 is 15.0 Å². The van der Waals surface area contributed by atoms with Gasteiger partial charge in [-0.3, -0.25) is 0 Å². The van der Waals surface area contributed by atoms with Crippen molar-refractivity contribution in [3.8, 4) is 0 Å². The highest BCUT2D eigenvalue weighted by Gasteiger charge is 2.29. The number of unbranched alkanes of at least 4 members (excludes halogenated alkanes) is 3. The smallest absolute Gasteiger partial charge is 0.390 e. The molecule has 0 atom stereocenters. The van der Waals surface area contributed by atoms with Crippen LogP contribution in [0.1, 0.15) is 32.1 Å². The van der Waals surface area contributed by atoms with Gasteiger partial charge in [-0.1, -0.05) is 12.8 Å². The third-order valence-electron chi connectivity index (χ3n) is 2.04. The first-order valence-corrected chi connectivity index (χ1v) is 6.84. The predicted octanol–water partition coefficient (Wildman–Crippen LogP) is 2.07. The Bertz CT molecular complexity index is 173. The lowest BCUT2D eigenvalue weighted by Gasteiger charge is -2.14. The maximum absolute atomic E-state index is 11.7. The first-order chi connectivity index (χ1) is 6.77. The van der Waals surface area contributed by atoms with E-state index >= 15 is 0 Å². The Kier molecular flexibility index (Phi) is 6.42. The SMILES string of the molecule is CO[Si](O)(O)CCCCCCC(F)(F)F. The van der Waals surface area contributed by atoms with Crippen LogP contribution in [0.2, 0.25) is 6.04 Å². The minimum absolute atomic E-state index is 0.0991. The fourth-order valence-corrected chi connectivity index (χ4v) is 2.05. The van der Waals surface area contributed by atoms with Crippen molar-refractivity contribution < 1.29 is 27.2 Å². The molecule has 0 bridgehead atoms. The molecule has 0 aromatic rings. The summed E-state index contributed by atoms with van der Waals surface area (Å²) < 4.78 is 39.6. The van der Waals surface area contributed by atoms with Crippen LogP contribution < -0.4 is 0 Å². The second-order valence-electron chi connectivity index (χ2n) is 3.48. The highest BCUT2D eigenvalue weighted by atomic mass is 28.4. The Balaban J connectivity index is 3.33. The molecule has 0 saturated heterocycles. The number of alkyl halides is 3. The summed E-state index contributed by atoms with van der Waals surface area (Å²) in [5.41, 5.74) is 0. The summed E-state index contributed by atoms with van der Waals surface area (Å²) >= 11 is 0. The molecule has 0 saturated carbocycles. The van der Waals surface area contributed by atoms with Crippen molar-refractivity contribution in [2.24, 2.45) is 0 Å². The van der Waals surface area contributed by atoms with E-state index in [1.54, 1.807) is 0 Å². The molecule has 3 nitrogen and oxygen atoms in total. The third kappa shape index (κ3) is 10.2. The molecule has 0 aromatic heterocycles. The van der Waals surface area contributed by atoms with Gasteiger partial charge in [-0.2, -0.15) is 13.2 Å². The molecule has 0 radical (unpaired) electrons. The van der Waals surface area contributed by atoms with Crippen LogP contribution in [0.25, 0.3) is 0 Å². The van der Waals surface area contributed by atoms with Crippen LogP contribution in [0.4, 0.5) is 13.2 Å². The van der Waals surface area contributed by atoms with Gasteiger partial charge in [-0.25, -0.2) is 0 Å². The van der Waals surface area contributed by atoms with Crippen LogP contribution in [0.15, 0.2) is 0 Å². The normalized spacial score (nSPS) is 13.2. The molecule has 2 N–H and O–H groups in total. The number of hydrogen-bond acceptors (Lipinski definition) is 3. The summed E-state index contributed by atoms with van der Waals surface area (Å²) in [6.07, 6.45) is -3.24. The zero-order chi connectivity index (χ0) is 11.9. The summed E-state index contributed by atoms with van der Waals surface area (Å²) in [5.74, 6) is 0. The van der Waals surface area contributed by atoms with Crippen molar-refractivity contribution >= 4 is 8.80 Å². The quantitative estimate of drug-likeness (QED) is 0.534. The molecular weight excluding hydrogens is 229 g/mol. The van der Waals surface area contributed by atoms with Crippen molar-refractivity contribution in [3.05, 3.63) is 0 Å². The predicted molar refractivity (Wildman–Crippen MR) is 51.1 cm³/mol. The molecule has 0 aliphatic carbocycles. The molecule has 0 heterocycles. The van der Waals surface area contributed by atoms with Crippen LogP contribution in [0.5, 0.6) is 0 Å². The number of hydrogen-bond donors (Lipinski definition) is 2. The molecule has 92 valence electrons. The van der Waals surface area contributed by atoms with Gasteiger partial charge in [0.1, 0.15) is 0 Å². The van der Waals surface area contributed by atoms with Crippen molar-refractivity contribution in [2.45, 2.75) is 44.3 Å². The molecule has 0 amide bonds. The number of halogens is 3. The Morgan fingerprint density at radius 2 is 1.60 bits per heavy atom. The van der Waals surface area contributed by atoms with E-state index < -0.39 is 21.4 Å². The zero-order valence-corrected chi connectivity index (χ0v) is 9.68. The van der Waals surface area contributed by atoms with Gasteiger partial charge in [0.2, 0.25) is 0 Å². The summed E-state index contributed by atoms with van der Waals surface area (Å²) in [7, 11) is -2.28. The van der Waals surface area contributed by atoms with E-state index in [2.05, 4.69) is 4.43 Å². The van der Waals surface area contributed by atoms with E-state index in [0.29, 0.717) is 19.3 Å². The summed E-state index contributed by atoms with van der Waals surface area (Å²) in [5, 5.41) is 0. The lowest BCUT2D eigenvalue weighted by Crippen LogP contribution is -2.37. The first-order valence-electron chi connectivity index (χ1n) is 4.83.